The molecule has 0 rings (SSSR count). The van der Waals surface area contributed by atoms with Gasteiger partial charge in [-0.05, 0) is 0 Å². The number of hydrogen-bond donors (Lipinski definition) is 0. The van der Waals surface area contributed by atoms with Gasteiger partial charge in [0.2, 0.25) is 0 Å². The molecule has 0 aliphatic carbocycles. The van der Waals surface area contributed by atoms with E-state index in [1.54, 1.807) is 0 Å². The molecule has 0 aromatic carbocycles. The summed E-state index contributed by atoms with van der Waals surface area (Å²) in [7, 11) is 0. The van der Waals surface area contributed by atoms with Crippen molar-refractivity contribution in [3.63, 3.8) is 0 Å². The van der Waals surface area contributed by atoms with Crippen LogP contribution in [0.4, 0.5) is 0 Å². The number of carbonyl (C=O) groups excluding carboxylic acids is 10. The van der Waals surface area contributed by atoms with E-state index in [9.17, 15) is 0 Å². The van der Waals surface area contributed by atoms with Crippen LogP contribution in [0.2, 0.25) is 0 Å². The van der Waals surface area contributed by atoms with E-state index in [0.29, 0.717) is 0 Å². The minimum Gasteiger partial charge on any atom is -0.543 e. The minimum atomic E-state index is -2.19. The van der Waals surface area contributed by atoms with Crippen LogP contribution < -0.4 is 51.1 Å². The van der Waals surface area contributed by atoms with Crippen LogP contribution >= 0.6 is 0 Å². The van der Waals surface area contributed by atoms with Crippen molar-refractivity contribution >= 4 is 59.7 Å². The molecule has 0 heterocycles. The molecule has 0 aromatic heterocycles. The predicted octanol–water partition coefficient (Wildman–Crippen LogP) is -22.5. The third-order valence-electron chi connectivity index (χ3n) is 0.833. The second-order valence-corrected chi connectivity index (χ2v) is 2.87. The molecule has 38 heavy (non-hydrogen) atoms. The Morgan fingerprint density at radius 3 is 0.237 bits per heavy atom. The molecule has 0 aromatic rings. The van der Waals surface area contributed by atoms with Gasteiger partial charge in [0, 0.05) is 0 Å². The number of carboxylic acids is 10. The Labute approximate surface area is 230 Å². The third kappa shape index (κ3) is 121. The van der Waals surface area contributed by atoms with E-state index in [2.05, 4.69) is 0 Å². The molecule has 12 N–H and O–H groups in total. The first-order chi connectivity index (χ1) is 13.2. The van der Waals surface area contributed by atoms with Crippen LogP contribution in [0.15, 0.2) is 0 Å². The van der Waals surface area contributed by atoms with Crippen molar-refractivity contribution in [2.24, 2.45) is 0 Å². The molecule has 0 saturated heterocycles. The molecule has 0 unspecified atom stereocenters. The molecule has 26 nitrogen and oxygen atoms in total. The number of rotatable bonds is 0. The van der Waals surface area contributed by atoms with Crippen LogP contribution in [0, 0.1) is 0 Å². The van der Waals surface area contributed by atoms with Gasteiger partial charge in [0.15, 0.2) is 0 Å². The Kier molecular flexibility index (Phi) is 110. The van der Waals surface area contributed by atoms with Crippen molar-refractivity contribution in [3.05, 3.63) is 0 Å². The van der Waals surface area contributed by atoms with Crippen molar-refractivity contribution in [3.8, 4) is 0 Å². The van der Waals surface area contributed by atoms with Gasteiger partial charge in [-0.1, -0.05) is 0 Å². The SMILES string of the molecule is O.O.O.O.O.O.O=C([O-])C(=O)[O-].O=C([O-])C(=O)[O-].O=C([O-])C(=O)[O-].O=C([O-])C(=O)[O-].O=C([O-])C(=O)[O-].[Ru+5].[Ru+5]. The summed E-state index contributed by atoms with van der Waals surface area (Å²) in [4.78, 5) is 89.3. The molecule has 0 spiro atoms. The Hall–Kier alpha value is -4.29. The van der Waals surface area contributed by atoms with Gasteiger partial charge in [0.25, 0.3) is 0 Å². The smallest absolute Gasteiger partial charge is 0.543 e. The van der Waals surface area contributed by atoms with E-state index in [0.717, 1.165) is 0 Å². The average Bonchev–Trinajstić information content (AvgIpc) is 2.56. The maximum atomic E-state index is 8.93. The largest absolute Gasteiger partial charge is 5.00 e. The van der Waals surface area contributed by atoms with Crippen molar-refractivity contribution < 1.29 is 171 Å². The van der Waals surface area contributed by atoms with Crippen molar-refractivity contribution in [1.82, 2.24) is 0 Å². The van der Waals surface area contributed by atoms with E-state index in [4.69, 9.17) is 99.0 Å². The topological polar surface area (TPSA) is 590 Å². The zero-order valence-corrected chi connectivity index (χ0v) is 20.3. The summed E-state index contributed by atoms with van der Waals surface area (Å²) in [6.07, 6.45) is 0. The zero-order chi connectivity index (χ0) is 25.8. The molecule has 224 valence electrons. The zero-order valence-electron chi connectivity index (χ0n) is 16.9. The summed E-state index contributed by atoms with van der Waals surface area (Å²) in [5.41, 5.74) is 0. The van der Waals surface area contributed by atoms with E-state index >= 15 is 0 Å². The summed E-state index contributed by atoms with van der Waals surface area (Å²) in [5, 5.41) is 89.3. The summed E-state index contributed by atoms with van der Waals surface area (Å²) in [5.74, 6) is -21.9. The van der Waals surface area contributed by atoms with Gasteiger partial charge >= 0.3 is 39.0 Å². The normalized spacial score (nSPS) is 5.79. The second-order valence-electron chi connectivity index (χ2n) is 2.87. The molecule has 0 saturated carbocycles. The molecule has 0 bridgehead atoms. The average molecular weight is 750 g/mol. The van der Waals surface area contributed by atoms with Crippen LogP contribution in [0.3, 0.4) is 0 Å². The standard InChI is InChI=1S/5C2H2O4.6H2O.2Ru/c5*3-1(4)2(5)6;;;;;;;;/h5*(H,3,4)(H,5,6);6*1H2;;/q;;;;;;;;;;;2*+5/p-10. The number of carboxylic acid groups (broad SMARTS) is 10. The molecule has 0 aliphatic heterocycles. The fourth-order valence-corrected chi connectivity index (χ4v) is 0. The Balaban J connectivity index is -0.0000000178. The van der Waals surface area contributed by atoms with Crippen LogP contribution in [-0.4, -0.2) is 92.6 Å². The fraction of sp³-hybridized carbons (Fsp3) is 0. The molecule has 0 atom stereocenters. The van der Waals surface area contributed by atoms with Crippen LogP contribution in [0.25, 0.3) is 0 Å². The minimum absolute atomic E-state index is 0. The Morgan fingerprint density at radius 2 is 0.237 bits per heavy atom. The van der Waals surface area contributed by atoms with E-state index in [-0.39, 0.29) is 71.8 Å². The van der Waals surface area contributed by atoms with Crippen LogP contribution in [-0.2, 0) is 86.9 Å². The van der Waals surface area contributed by atoms with E-state index < -0.39 is 59.7 Å². The molecular formula is C10H12O26Ru2. The maximum Gasteiger partial charge on any atom is 5.00 e. The molecule has 0 fully saturated rings. The summed E-state index contributed by atoms with van der Waals surface area (Å²) >= 11 is 0. The first kappa shape index (κ1) is 84.1. The maximum absolute atomic E-state index is 8.93. The van der Waals surface area contributed by atoms with E-state index in [1.165, 1.54) is 0 Å². The van der Waals surface area contributed by atoms with Crippen LogP contribution in [0.1, 0.15) is 0 Å². The number of carbonyl (C=O) groups is 10. The van der Waals surface area contributed by atoms with Crippen molar-refractivity contribution in [1.29, 1.82) is 0 Å². The van der Waals surface area contributed by atoms with Crippen molar-refractivity contribution in [2.45, 2.75) is 0 Å². The first-order valence-corrected chi connectivity index (χ1v) is 5.33. The van der Waals surface area contributed by atoms with Gasteiger partial charge in [0.1, 0.15) is 0 Å². The number of hydrogen-bond acceptors (Lipinski definition) is 20. The third-order valence-corrected chi connectivity index (χ3v) is 0.833. The summed E-state index contributed by atoms with van der Waals surface area (Å²) in [6.45, 7) is 0. The van der Waals surface area contributed by atoms with Gasteiger partial charge in [-0.15, -0.1) is 0 Å². The summed E-state index contributed by atoms with van der Waals surface area (Å²) in [6, 6.07) is 0. The van der Waals surface area contributed by atoms with E-state index in [1.807, 2.05) is 0 Å². The Bertz CT molecular complexity index is 512. The molecule has 28 heteroatoms. The monoisotopic (exact) mass is 752 g/mol. The van der Waals surface area contributed by atoms with Crippen molar-refractivity contribution in [2.75, 3.05) is 0 Å². The fourth-order valence-electron chi connectivity index (χ4n) is 0. The predicted molar refractivity (Wildman–Crippen MR) is 71.8 cm³/mol. The summed E-state index contributed by atoms with van der Waals surface area (Å²) < 4.78 is 0. The number of aliphatic carboxylic acids is 10. The second kappa shape index (κ2) is 49.8. The van der Waals surface area contributed by atoms with Gasteiger partial charge in [-0.2, -0.15) is 0 Å². The van der Waals surface area contributed by atoms with Crippen LogP contribution in [0.5, 0.6) is 0 Å². The van der Waals surface area contributed by atoms with Gasteiger partial charge in [-0.25, -0.2) is 0 Å². The Morgan fingerprint density at radius 1 is 0.211 bits per heavy atom. The first-order valence-electron chi connectivity index (χ1n) is 5.33. The molecule has 2 radical (unpaired) electrons. The van der Waals surface area contributed by atoms with Gasteiger partial charge in [-0.3, -0.25) is 0 Å². The van der Waals surface area contributed by atoms with Gasteiger partial charge in [0.05, 0.1) is 59.7 Å². The quantitative estimate of drug-likeness (QED) is 0.164. The molecular weight excluding hydrogens is 738 g/mol. The molecule has 0 aliphatic rings. The van der Waals surface area contributed by atoms with Gasteiger partial charge < -0.3 is 132 Å². The molecule has 0 amide bonds.